The fourth-order valence-electron chi connectivity index (χ4n) is 1.01. The van der Waals surface area contributed by atoms with Crippen LogP contribution in [0.15, 0.2) is 0 Å². The molecule has 0 bridgehead atoms. The van der Waals surface area contributed by atoms with Crippen molar-refractivity contribution in [2.24, 2.45) is 0 Å². The van der Waals surface area contributed by atoms with Gasteiger partial charge in [-0.3, -0.25) is 9.35 Å². The lowest BCUT2D eigenvalue weighted by atomic mass is 10.3. The Balaban J connectivity index is 0. The van der Waals surface area contributed by atoms with Crippen molar-refractivity contribution in [1.82, 2.24) is 0 Å². The fraction of sp³-hybridized carbons (Fsp3) is 0.889. The number of rotatable bonds is 6. The Bertz CT molecular complexity index is 336. The lowest BCUT2D eigenvalue weighted by molar-refractivity contribution is -0.870. The number of carbonyl (C=O) groups excluding carboxylic acids is 1. The lowest BCUT2D eigenvalue weighted by Gasteiger charge is -2.23. The van der Waals surface area contributed by atoms with Gasteiger partial charge in [-0.05, 0) is 6.42 Å². The van der Waals surface area contributed by atoms with E-state index in [0.29, 0.717) is 11.0 Å². The van der Waals surface area contributed by atoms with Crippen LogP contribution in [0, 0.1) is 0 Å². The summed E-state index contributed by atoms with van der Waals surface area (Å²) in [5.74, 6) is -0.890. The predicted molar refractivity (Wildman–Crippen MR) is 59.5 cm³/mol. The Morgan fingerprint density at radius 1 is 1.35 bits per heavy atom. The Kier molecular flexibility index (Phi) is 8.56. The first-order valence-electron chi connectivity index (χ1n) is 5.01. The second-order valence-electron chi connectivity index (χ2n) is 4.59. The summed E-state index contributed by atoms with van der Waals surface area (Å²) >= 11 is 0. The molecule has 0 radical (unpaired) electrons. The Morgan fingerprint density at radius 2 is 1.82 bits per heavy atom. The number of hydrogen-bond donors (Lipinski definition) is 1. The number of likely N-dealkylation sites (N-methyl/N-ethyl adjacent to an activating group) is 1. The van der Waals surface area contributed by atoms with Gasteiger partial charge in [0.15, 0.2) is 5.25 Å². The van der Waals surface area contributed by atoms with Gasteiger partial charge in [0.25, 0.3) is 10.1 Å². The molecule has 8 heteroatoms. The van der Waals surface area contributed by atoms with E-state index in [2.05, 4.69) is 0 Å². The summed E-state index contributed by atoms with van der Waals surface area (Å²) in [6.45, 7) is 2.21. The highest BCUT2D eigenvalue weighted by Crippen LogP contribution is 2.06. The van der Waals surface area contributed by atoms with Crippen molar-refractivity contribution in [3.05, 3.63) is 0 Å². The highest BCUT2D eigenvalue weighted by molar-refractivity contribution is 7.87. The van der Waals surface area contributed by atoms with Gasteiger partial charge < -0.3 is 33.2 Å². The van der Waals surface area contributed by atoms with Gasteiger partial charge in [0.2, 0.25) is 0 Å². The molecular weight excluding hydrogens is 361 g/mol. The van der Waals surface area contributed by atoms with E-state index in [1.54, 1.807) is 0 Å². The van der Waals surface area contributed by atoms with Crippen LogP contribution in [0.1, 0.15) is 13.3 Å². The van der Waals surface area contributed by atoms with E-state index in [4.69, 9.17) is 9.29 Å². The lowest BCUT2D eigenvalue weighted by Crippen LogP contribution is -3.00. The average molecular weight is 381 g/mol. The van der Waals surface area contributed by atoms with Crippen molar-refractivity contribution in [1.29, 1.82) is 0 Å². The van der Waals surface area contributed by atoms with Crippen LogP contribution in [0.3, 0.4) is 0 Å². The third-order valence-electron chi connectivity index (χ3n) is 2.00. The molecule has 0 fully saturated rings. The van der Waals surface area contributed by atoms with Gasteiger partial charge in [0.05, 0.1) is 21.1 Å². The third-order valence-corrected chi connectivity index (χ3v) is 3.24. The van der Waals surface area contributed by atoms with Gasteiger partial charge in [-0.15, -0.1) is 0 Å². The van der Waals surface area contributed by atoms with Crippen LogP contribution < -0.4 is 24.0 Å². The SMILES string of the molecule is CCC(C(=O)OCC[N+](C)(C)C)S(=O)(=O)O.[I-]. The molecule has 0 rings (SSSR count). The Morgan fingerprint density at radius 3 is 2.12 bits per heavy atom. The van der Waals surface area contributed by atoms with Crippen molar-refractivity contribution in [2.45, 2.75) is 18.6 Å². The van der Waals surface area contributed by atoms with Crippen molar-refractivity contribution in [3.8, 4) is 0 Å². The zero-order valence-electron chi connectivity index (χ0n) is 10.5. The van der Waals surface area contributed by atoms with Gasteiger partial charge >= 0.3 is 5.97 Å². The van der Waals surface area contributed by atoms with Crippen LogP contribution in [0.25, 0.3) is 0 Å². The highest BCUT2D eigenvalue weighted by atomic mass is 127. The zero-order chi connectivity index (χ0) is 13.0. The molecule has 0 saturated heterocycles. The minimum atomic E-state index is -4.36. The summed E-state index contributed by atoms with van der Waals surface area (Å²) in [6.07, 6.45) is 0.00203. The fourth-order valence-corrected chi connectivity index (χ4v) is 1.74. The summed E-state index contributed by atoms with van der Waals surface area (Å²) in [5, 5.41) is -1.47. The van der Waals surface area contributed by atoms with E-state index in [9.17, 15) is 13.2 Å². The molecule has 0 saturated carbocycles. The predicted octanol–water partition coefficient (Wildman–Crippen LogP) is -3.09. The number of ether oxygens (including phenoxy) is 1. The average Bonchev–Trinajstić information content (AvgIpc) is 1.99. The van der Waals surface area contributed by atoms with E-state index in [1.807, 2.05) is 21.1 Å². The smallest absolute Gasteiger partial charge is 0.327 e. The molecule has 6 nitrogen and oxygen atoms in total. The van der Waals surface area contributed by atoms with Gasteiger partial charge in [-0.25, -0.2) is 0 Å². The molecule has 1 unspecified atom stereocenters. The molecule has 0 spiro atoms. The first kappa shape index (κ1) is 19.4. The van der Waals surface area contributed by atoms with Crippen LogP contribution in [-0.2, 0) is 19.6 Å². The van der Waals surface area contributed by atoms with Crippen LogP contribution in [-0.4, -0.2) is 63.0 Å². The Labute approximate surface area is 120 Å². The van der Waals surface area contributed by atoms with Crippen molar-refractivity contribution < 1.29 is 51.0 Å². The molecule has 0 aromatic heterocycles. The molecule has 17 heavy (non-hydrogen) atoms. The van der Waals surface area contributed by atoms with Gasteiger partial charge in [-0.1, -0.05) is 6.92 Å². The summed E-state index contributed by atoms with van der Waals surface area (Å²) < 4.78 is 35.8. The summed E-state index contributed by atoms with van der Waals surface area (Å²) in [6, 6.07) is 0. The number of nitrogens with zero attached hydrogens (tertiary/aromatic N) is 1. The standard InChI is InChI=1S/C9H19NO5S.HI/c1-5-8(16(12,13)14)9(11)15-7-6-10(2,3)4;/h8H,5-7H2,1-4H3;1H. The maximum absolute atomic E-state index is 11.3. The van der Waals surface area contributed by atoms with Crippen LogP contribution in [0.2, 0.25) is 0 Å². The molecule has 0 aromatic carbocycles. The van der Waals surface area contributed by atoms with E-state index in [0.717, 1.165) is 0 Å². The third kappa shape index (κ3) is 8.75. The molecule has 0 aliphatic rings. The largest absolute Gasteiger partial charge is 1.00 e. The zero-order valence-corrected chi connectivity index (χ0v) is 13.5. The van der Waals surface area contributed by atoms with E-state index in [1.165, 1.54) is 6.92 Å². The number of quaternary nitrogens is 1. The molecule has 0 aromatic rings. The molecule has 0 amide bonds. The molecular formula is C9H20INO5S. The van der Waals surface area contributed by atoms with Gasteiger partial charge in [-0.2, -0.15) is 8.42 Å². The first-order chi connectivity index (χ1) is 7.08. The summed E-state index contributed by atoms with van der Waals surface area (Å²) in [7, 11) is 1.41. The monoisotopic (exact) mass is 381 g/mol. The van der Waals surface area contributed by atoms with E-state index >= 15 is 0 Å². The molecule has 0 aliphatic heterocycles. The molecule has 0 aliphatic carbocycles. The molecule has 104 valence electrons. The number of hydrogen-bond acceptors (Lipinski definition) is 4. The van der Waals surface area contributed by atoms with Crippen LogP contribution in [0.5, 0.6) is 0 Å². The summed E-state index contributed by atoms with van der Waals surface area (Å²) in [4.78, 5) is 11.3. The van der Waals surface area contributed by atoms with Crippen LogP contribution >= 0.6 is 0 Å². The van der Waals surface area contributed by atoms with Crippen molar-refractivity contribution in [3.63, 3.8) is 0 Å². The second kappa shape index (κ2) is 7.49. The first-order valence-corrected chi connectivity index (χ1v) is 6.51. The van der Waals surface area contributed by atoms with Crippen molar-refractivity contribution in [2.75, 3.05) is 34.3 Å². The highest BCUT2D eigenvalue weighted by Gasteiger charge is 2.30. The number of halogens is 1. The Hall–Kier alpha value is 0.0700. The summed E-state index contributed by atoms with van der Waals surface area (Å²) in [5.41, 5.74) is 0. The van der Waals surface area contributed by atoms with E-state index in [-0.39, 0.29) is 37.0 Å². The normalized spacial score (nSPS) is 13.7. The number of esters is 1. The molecule has 1 N–H and O–H groups in total. The topological polar surface area (TPSA) is 80.7 Å². The quantitative estimate of drug-likeness (QED) is 0.228. The van der Waals surface area contributed by atoms with Gasteiger partial charge in [0.1, 0.15) is 13.2 Å². The van der Waals surface area contributed by atoms with Crippen molar-refractivity contribution >= 4 is 16.1 Å². The number of carbonyl (C=O) groups is 1. The maximum Gasteiger partial charge on any atom is 0.327 e. The second-order valence-corrected chi connectivity index (χ2v) is 6.19. The maximum atomic E-state index is 11.3. The van der Waals surface area contributed by atoms with Gasteiger partial charge in [0, 0.05) is 0 Å². The molecule has 0 heterocycles. The molecule has 1 atom stereocenters. The van der Waals surface area contributed by atoms with Crippen LogP contribution in [0.4, 0.5) is 0 Å². The van der Waals surface area contributed by atoms with E-state index < -0.39 is 21.3 Å². The minimum absolute atomic E-state index is 0. The minimum Gasteiger partial charge on any atom is -1.00 e.